The summed E-state index contributed by atoms with van der Waals surface area (Å²) in [5, 5.41) is -0.619. The molecule has 0 saturated carbocycles. The van der Waals surface area contributed by atoms with Crippen LogP contribution in [0, 0.1) is 0 Å². The van der Waals surface area contributed by atoms with E-state index in [1.165, 1.54) is 6.92 Å². The minimum Gasteiger partial charge on any atom is -0.398 e. The van der Waals surface area contributed by atoms with Gasteiger partial charge in [0.15, 0.2) is 5.78 Å². The molecular weight excluding hydrogens is 174 g/mol. The molecule has 1 aromatic carbocycles. The molecule has 0 aromatic heterocycles. The second-order valence-corrected chi connectivity index (χ2v) is 3.04. The van der Waals surface area contributed by atoms with Crippen LogP contribution in [0.15, 0.2) is 24.3 Å². The quantitative estimate of drug-likeness (QED) is 0.564. The summed E-state index contributed by atoms with van der Waals surface area (Å²) in [6.07, 6.45) is 0. The first-order chi connectivity index (χ1) is 5.63. The topological polar surface area (TPSA) is 43.1 Å². The fourth-order valence-corrected chi connectivity index (χ4v) is 1.16. The second-order valence-electron chi connectivity index (χ2n) is 2.60. The maximum Gasteiger partial charge on any atom is 0.152 e. The molecule has 0 aliphatic rings. The Morgan fingerprint density at radius 2 is 2.08 bits per heavy atom. The number of anilines is 1. The van der Waals surface area contributed by atoms with Crippen LogP contribution >= 0.6 is 11.6 Å². The van der Waals surface area contributed by atoms with Gasteiger partial charge in [0.05, 0.1) is 0 Å². The van der Waals surface area contributed by atoms with Crippen LogP contribution in [0.4, 0.5) is 5.69 Å². The number of nitrogen functional groups attached to an aromatic ring is 1. The smallest absolute Gasteiger partial charge is 0.152 e. The third-order valence-corrected chi connectivity index (χ3v) is 2.17. The van der Waals surface area contributed by atoms with Gasteiger partial charge < -0.3 is 5.73 Å². The number of benzene rings is 1. The lowest BCUT2D eigenvalue weighted by Crippen LogP contribution is -2.04. The molecule has 64 valence electrons. The molecule has 12 heavy (non-hydrogen) atoms. The van der Waals surface area contributed by atoms with Crippen LogP contribution in [-0.4, -0.2) is 5.78 Å². The highest BCUT2D eigenvalue weighted by Gasteiger charge is 2.14. The number of carbonyl (C=O) groups excluding carboxylic acids is 1. The number of rotatable bonds is 2. The zero-order chi connectivity index (χ0) is 9.14. The highest BCUT2D eigenvalue weighted by Crippen LogP contribution is 2.25. The van der Waals surface area contributed by atoms with Gasteiger partial charge in [-0.25, -0.2) is 0 Å². The minimum absolute atomic E-state index is 0.0884. The van der Waals surface area contributed by atoms with Gasteiger partial charge in [-0.05, 0) is 13.0 Å². The molecule has 2 N–H and O–H groups in total. The van der Waals surface area contributed by atoms with Crippen molar-refractivity contribution in [3.8, 4) is 0 Å². The standard InChI is InChI=1S/C9H10ClNO/c1-6(12)9(10)7-4-2-3-5-8(7)11/h2-5,9H,11H2,1H3. The van der Waals surface area contributed by atoms with Crippen molar-refractivity contribution < 1.29 is 4.79 Å². The number of carbonyl (C=O) groups is 1. The largest absolute Gasteiger partial charge is 0.398 e. The SMILES string of the molecule is CC(=O)C(Cl)c1ccccc1N. The first kappa shape index (κ1) is 9.07. The maximum absolute atomic E-state index is 10.9. The normalized spacial score (nSPS) is 12.5. The van der Waals surface area contributed by atoms with Crippen molar-refractivity contribution in [2.24, 2.45) is 0 Å². The number of para-hydroxylation sites is 1. The van der Waals surface area contributed by atoms with Crippen molar-refractivity contribution in [2.75, 3.05) is 5.73 Å². The van der Waals surface area contributed by atoms with E-state index in [0.29, 0.717) is 11.3 Å². The third-order valence-electron chi connectivity index (χ3n) is 1.63. The second kappa shape index (κ2) is 3.59. The van der Waals surface area contributed by atoms with Crippen molar-refractivity contribution in [2.45, 2.75) is 12.3 Å². The fraction of sp³-hybridized carbons (Fsp3) is 0.222. The lowest BCUT2D eigenvalue weighted by Gasteiger charge is -2.07. The molecule has 1 aromatic rings. The molecule has 0 fully saturated rings. The van der Waals surface area contributed by atoms with E-state index in [9.17, 15) is 4.79 Å². The summed E-state index contributed by atoms with van der Waals surface area (Å²) in [5.41, 5.74) is 6.87. The monoisotopic (exact) mass is 183 g/mol. The van der Waals surface area contributed by atoms with Crippen molar-refractivity contribution in [1.29, 1.82) is 0 Å². The number of hydrogen-bond acceptors (Lipinski definition) is 2. The molecule has 1 rings (SSSR count). The Labute approximate surface area is 76.3 Å². The van der Waals surface area contributed by atoms with E-state index in [4.69, 9.17) is 17.3 Å². The van der Waals surface area contributed by atoms with E-state index >= 15 is 0 Å². The summed E-state index contributed by atoms with van der Waals surface area (Å²) in [7, 11) is 0. The summed E-state index contributed by atoms with van der Waals surface area (Å²) in [4.78, 5) is 10.9. The Kier molecular flexibility index (Phi) is 2.71. The molecule has 0 heterocycles. The van der Waals surface area contributed by atoms with E-state index in [0.717, 1.165) is 0 Å². The first-order valence-corrected chi connectivity index (χ1v) is 4.05. The Morgan fingerprint density at radius 1 is 1.50 bits per heavy atom. The Bertz CT molecular complexity index is 298. The highest BCUT2D eigenvalue weighted by atomic mass is 35.5. The Hall–Kier alpha value is -1.02. The fourth-order valence-electron chi connectivity index (χ4n) is 0.961. The molecule has 1 atom stereocenters. The number of nitrogens with two attached hydrogens (primary N) is 1. The number of ketones is 1. The molecule has 0 spiro atoms. The summed E-state index contributed by atoms with van der Waals surface area (Å²) in [6.45, 7) is 1.45. The van der Waals surface area contributed by atoms with Crippen LogP contribution in [0.3, 0.4) is 0 Å². The lowest BCUT2D eigenvalue weighted by atomic mass is 10.1. The van der Waals surface area contributed by atoms with E-state index < -0.39 is 5.38 Å². The molecule has 0 aliphatic heterocycles. The van der Waals surface area contributed by atoms with Crippen LogP contribution < -0.4 is 5.73 Å². The number of halogens is 1. The van der Waals surface area contributed by atoms with Crippen molar-refractivity contribution in [3.05, 3.63) is 29.8 Å². The predicted molar refractivity (Wildman–Crippen MR) is 50.1 cm³/mol. The summed E-state index contributed by atoms with van der Waals surface area (Å²) < 4.78 is 0. The molecule has 0 radical (unpaired) electrons. The number of alkyl halides is 1. The van der Waals surface area contributed by atoms with Crippen molar-refractivity contribution >= 4 is 23.1 Å². The molecule has 0 bridgehead atoms. The average Bonchev–Trinajstić information content (AvgIpc) is 2.04. The van der Waals surface area contributed by atoms with Crippen LogP contribution in [0.25, 0.3) is 0 Å². The van der Waals surface area contributed by atoms with Gasteiger partial charge in [-0.1, -0.05) is 18.2 Å². The number of Topliss-reactive ketones (excluding diaryl/α,β-unsaturated/α-hetero) is 1. The van der Waals surface area contributed by atoms with Gasteiger partial charge in [-0.3, -0.25) is 4.79 Å². The molecule has 0 saturated heterocycles. The van der Waals surface area contributed by atoms with E-state index in [1.54, 1.807) is 12.1 Å². The molecule has 0 amide bonds. The van der Waals surface area contributed by atoms with Crippen LogP contribution in [0.5, 0.6) is 0 Å². The molecule has 0 aliphatic carbocycles. The molecule has 3 heteroatoms. The van der Waals surface area contributed by atoms with Gasteiger partial charge in [-0.15, -0.1) is 11.6 Å². The number of hydrogen-bond donors (Lipinski definition) is 1. The zero-order valence-corrected chi connectivity index (χ0v) is 7.51. The first-order valence-electron chi connectivity index (χ1n) is 3.62. The summed E-state index contributed by atoms with van der Waals surface area (Å²) >= 11 is 5.82. The van der Waals surface area contributed by atoms with Gasteiger partial charge in [-0.2, -0.15) is 0 Å². The highest BCUT2D eigenvalue weighted by molar-refractivity contribution is 6.31. The third kappa shape index (κ3) is 1.77. The van der Waals surface area contributed by atoms with Gasteiger partial charge in [0.2, 0.25) is 0 Å². The molecule has 2 nitrogen and oxygen atoms in total. The average molecular weight is 184 g/mol. The lowest BCUT2D eigenvalue weighted by molar-refractivity contribution is -0.116. The van der Waals surface area contributed by atoms with Crippen LogP contribution in [0.1, 0.15) is 17.9 Å². The van der Waals surface area contributed by atoms with Crippen LogP contribution in [-0.2, 0) is 4.79 Å². The van der Waals surface area contributed by atoms with Gasteiger partial charge in [0.1, 0.15) is 5.38 Å². The van der Waals surface area contributed by atoms with E-state index in [-0.39, 0.29) is 5.78 Å². The van der Waals surface area contributed by atoms with Crippen molar-refractivity contribution in [3.63, 3.8) is 0 Å². The Balaban J connectivity index is 3.02. The Morgan fingerprint density at radius 3 is 2.58 bits per heavy atom. The molecular formula is C9H10ClNO. The predicted octanol–water partition coefficient (Wildman–Crippen LogP) is 2.14. The van der Waals surface area contributed by atoms with Gasteiger partial charge in [0.25, 0.3) is 0 Å². The summed E-state index contributed by atoms with van der Waals surface area (Å²) in [6, 6.07) is 7.11. The van der Waals surface area contributed by atoms with E-state index in [1.807, 2.05) is 12.1 Å². The van der Waals surface area contributed by atoms with Crippen molar-refractivity contribution in [1.82, 2.24) is 0 Å². The van der Waals surface area contributed by atoms with Crippen LogP contribution in [0.2, 0.25) is 0 Å². The molecule has 1 unspecified atom stereocenters. The maximum atomic E-state index is 10.9. The van der Waals surface area contributed by atoms with Gasteiger partial charge in [0, 0.05) is 11.3 Å². The summed E-state index contributed by atoms with van der Waals surface area (Å²) in [5.74, 6) is -0.0884. The zero-order valence-electron chi connectivity index (χ0n) is 6.75. The van der Waals surface area contributed by atoms with E-state index in [2.05, 4.69) is 0 Å². The minimum atomic E-state index is -0.619. The van der Waals surface area contributed by atoms with Gasteiger partial charge >= 0.3 is 0 Å².